The maximum absolute atomic E-state index is 13.8. The monoisotopic (exact) mass is 345 g/mol. The molecule has 7 heteroatoms. The number of halogens is 1. The number of amides is 1. The van der Waals surface area contributed by atoms with Crippen molar-refractivity contribution in [3.05, 3.63) is 64.9 Å². The fourth-order valence-electron chi connectivity index (χ4n) is 2.94. The van der Waals surface area contributed by atoms with E-state index in [-0.39, 0.29) is 17.5 Å². The lowest BCUT2D eigenvalue weighted by molar-refractivity contribution is -0.605. The Balaban J connectivity index is 1.56. The predicted molar refractivity (Wildman–Crippen MR) is 89.5 cm³/mol. The Morgan fingerprint density at radius 2 is 2.04 bits per heavy atom. The fraction of sp³-hybridized carbons (Fsp3) is 0.333. The summed E-state index contributed by atoms with van der Waals surface area (Å²) in [7, 11) is 1.44. The molecule has 1 aromatic heterocycles. The van der Waals surface area contributed by atoms with Crippen molar-refractivity contribution in [1.29, 1.82) is 0 Å². The third kappa shape index (κ3) is 4.06. The SMILES string of the molecule is COc1ccc(CN2CCN(C(=O)c3ccc[n+]([O-])c3)CC2)cc1F. The average molecular weight is 345 g/mol. The number of nitrogens with zero attached hydrogens (tertiary/aromatic N) is 3. The topological polar surface area (TPSA) is 59.7 Å². The minimum absolute atomic E-state index is 0.139. The van der Waals surface area contributed by atoms with Gasteiger partial charge in [0.1, 0.15) is 5.56 Å². The highest BCUT2D eigenvalue weighted by Gasteiger charge is 2.23. The van der Waals surface area contributed by atoms with Gasteiger partial charge in [0.2, 0.25) is 0 Å². The minimum atomic E-state index is -0.371. The molecule has 1 aliphatic rings. The van der Waals surface area contributed by atoms with Crippen molar-refractivity contribution >= 4 is 5.91 Å². The van der Waals surface area contributed by atoms with E-state index in [1.54, 1.807) is 23.1 Å². The molecule has 1 fully saturated rings. The van der Waals surface area contributed by atoms with Crippen LogP contribution in [0, 0.1) is 11.0 Å². The molecule has 0 radical (unpaired) electrons. The molecule has 1 saturated heterocycles. The molecule has 0 N–H and O–H groups in total. The highest BCUT2D eigenvalue weighted by Crippen LogP contribution is 2.19. The first-order valence-electron chi connectivity index (χ1n) is 8.09. The van der Waals surface area contributed by atoms with E-state index in [1.165, 1.54) is 25.6 Å². The predicted octanol–water partition coefficient (Wildman–Crippen LogP) is 1.43. The van der Waals surface area contributed by atoms with Crippen LogP contribution in [0.4, 0.5) is 4.39 Å². The van der Waals surface area contributed by atoms with E-state index in [2.05, 4.69) is 4.90 Å². The summed E-state index contributed by atoms with van der Waals surface area (Å²) in [5.74, 6) is -0.276. The molecule has 2 aromatic rings. The van der Waals surface area contributed by atoms with E-state index in [4.69, 9.17) is 4.74 Å². The van der Waals surface area contributed by atoms with Gasteiger partial charge in [-0.25, -0.2) is 4.39 Å². The Morgan fingerprint density at radius 1 is 1.28 bits per heavy atom. The lowest BCUT2D eigenvalue weighted by Crippen LogP contribution is -2.48. The van der Waals surface area contributed by atoms with Crippen molar-refractivity contribution in [1.82, 2.24) is 9.80 Å². The summed E-state index contributed by atoms with van der Waals surface area (Å²) in [6.07, 6.45) is 2.64. The highest BCUT2D eigenvalue weighted by atomic mass is 19.1. The Morgan fingerprint density at radius 3 is 2.68 bits per heavy atom. The van der Waals surface area contributed by atoms with Crippen LogP contribution in [0.25, 0.3) is 0 Å². The lowest BCUT2D eigenvalue weighted by Gasteiger charge is -2.34. The van der Waals surface area contributed by atoms with Crippen LogP contribution in [0.3, 0.4) is 0 Å². The Bertz CT molecular complexity index is 761. The Labute approximate surface area is 145 Å². The first kappa shape index (κ1) is 17.2. The molecule has 3 rings (SSSR count). The molecule has 0 spiro atoms. The van der Waals surface area contributed by atoms with Crippen molar-refractivity contribution < 1.29 is 18.7 Å². The summed E-state index contributed by atoms with van der Waals surface area (Å²) in [4.78, 5) is 16.3. The molecule has 132 valence electrons. The summed E-state index contributed by atoms with van der Waals surface area (Å²) in [5, 5.41) is 11.3. The molecular formula is C18H20FN3O3. The summed E-state index contributed by atoms with van der Waals surface area (Å²) in [6.45, 7) is 3.17. The van der Waals surface area contributed by atoms with Crippen LogP contribution in [-0.2, 0) is 6.54 Å². The number of benzene rings is 1. The molecule has 2 heterocycles. The number of aromatic nitrogens is 1. The highest BCUT2D eigenvalue weighted by molar-refractivity contribution is 5.93. The van der Waals surface area contributed by atoms with Gasteiger partial charge in [0, 0.05) is 38.8 Å². The number of ether oxygens (including phenoxy) is 1. The van der Waals surface area contributed by atoms with Crippen molar-refractivity contribution in [3.63, 3.8) is 0 Å². The van der Waals surface area contributed by atoms with Gasteiger partial charge >= 0.3 is 0 Å². The Hall–Kier alpha value is -2.67. The molecular weight excluding hydrogens is 325 g/mol. The number of pyridine rings is 1. The number of methoxy groups -OCH3 is 1. The smallest absolute Gasteiger partial charge is 0.260 e. The van der Waals surface area contributed by atoms with Gasteiger partial charge in [0.25, 0.3) is 5.91 Å². The van der Waals surface area contributed by atoms with Crippen LogP contribution < -0.4 is 9.47 Å². The minimum Gasteiger partial charge on any atom is -0.619 e. The zero-order valence-corrected chi connectivity index (χ0v) is 14.0. The van der Waals surface area contributed by atoms with Crippen molar-refractivity contribution in [2.24, 2.45) is 0 Å². The fourth-order valence-corrected chi connectivity index (χ4v) is 2.94. The second kappa shape index (κ2) is 7.48. The van der Waals surface area contributed by atoms with Gasteiger partial charge in [-0.15, -0.1) is 0 Å². The first-order chi connectivity index (χ1) is 12.1. The van der Waals surface area contributed by atoms with Gasteiger partial charge in [-0.05, 0) is 23.8 Å². The van der Waals surface area contributed by atoms with Gasteiger partial charge in [-0.3, -0.25) is 9.69 Å². The summed E-state index contributed by atoms with van der Waals surface area (Å²) in [5.41, 5.74) is 1.26. The molecule has 0 aliphatic carbocycles. The third-order valence-electron chi connectivity index (χ3n) is 4.30. The van der Waals surface area contributed by atoms with Crippen LogP contribution >= 0.6 is 0 Å². The standard InChI is InChI=1S/C18H20FN3O3/c1-25-17-5-4-14(11-16(17)19)12-20-7-9-21(10-8-20)18(23)15-3-2-6-22(24)13-15/h2-6,11,13H,7-10,12H2,1H3. The maximum Gasteiger partial charge on any atom is 0.260 e. The van der Waals surface area contributed by atoms with E-state index >= 15 is 0 Å². The third-order valence-corrected chi connectivity index (χ3v) is 4.30. The molecule has 1 amide bonds. The number of piperazine rings is 1. The van der Waals surface area contributed by atoms with E-state index in [0.717, 1.165) is 5.56 Å². The maximum atomic E-state index is 13.8. The second-order valence-corrected chi connectivity index (χ2v) is 5.99. The van der Waals surface area contributed by atoms with Crippen molar-refractivity contribution in [2.75, 3.05) is 33.3 Å². The van der Waals surface area contributed by atoms with Crippen molar-refractivity contribution in [2.45, 2.75) is 6.54 Å². The van der Waals surface area contributed by atoms with Gasteiger partial charge in [-0.1, -0.05) is 6.07 Å². The van der Waals surface area contributed by atoms with E-state index in [0.29, 0.717) is 43.0 Å². The number of carbonyl (C=O) groups excluding carboxylic acids is 1. The normalized spacial score (nSPS) is 15.2. The molecule has 1 aliphatic heterocycles. The van der Waals surface area contributed by atoms with Crippen LogP contribution in [0.5, 0.6) is 5.75 Å². The molecule has 0 unspecified atom stereocenters. The Kier molecular flexibility index (Phi) is 5.14. The molecule has 25 heavy (non-hydrogen) atoms. The molecule has 6 nitrogen and oxygen atoms in total. The van der Waals surface area contributed by atoms with E-state index in [9.17, 15) is 14.4 Å². The molecule has 0 saturated carbocycles. The van der Waals surface area contributed by atoms with Gasteiger partial charge in [0.05, 0.1) is 7.11 Å². The molecule has 0 atom stereocenters. The summed E-state index contributed by atoms with van der Waals surface area (Å²) in [6, 6.07) is 8.15. The number of hydrogen-bond acceptors (Lipinski definition) is 4. The van der Waals surface area contributed by atoms with Gasteiger partial charge in [-0.2, -0.15) is 4.73 Å². The van der Waals surface area contributed by atoms with Gasteiger partial charge < -0.3 is 14.8 Å². The number of rotatable bonds is 4. The lowest BCUT2D eigenvalue weighted by atomic mass is 10.1. The molecule has 1 aromatic carbocycles. The number of hydrogen-bond donors (Lipinski definition) is 0. The van der Waals surface area contributed by atoms with Gasteiger partial charge in [0.15, 0.2) is 24.0 Å². The molecule has 0 bridgehead atoms. The van der Waals surface area contributed by atoms with Crippen LogP contribution in [0.1, 0.15) is 15.9 Å². The van der Waals surface area contributed by atoms with Crippen LogP contribution in [0.15, 0.2) is 42.7 Å². The van der Waals surface area contributed by atoms with Crippen LogP contribution in [-0.4, -0.2) is 49.0 Å². The van der Waals surface area contributed by atoms with Crippen molar-refractivity contribution in [3.8, 4) is 5.75 Å². The summed E-state index contributed by atoms with van der Waals surface area (Å²) >= 11 is 0. The summed E-state index contributed by atoms with van der Waals surface area (Å²) < 4.78 is 19.3. The average Bonchev–Trinajstić information content (AvgIpc) is 2.62. The zero-order valence-electron chi connectivity index (χ0n) is 14.0. The first-order valence-corrected chi connectivity index (χ1v) is 8.09. The number of carbonyl (C=O) groups is 1. The van der Waals surface area contributed by atoms with E-state index < -0.39 is 0 Å². The van der Waals surface area contributed by atoms with E-state index in [1.807, 2.05) is 6.07 Å². The zero-order chi connectivity index (χ0) is 17.8. The largest absolute Gasteiger partial charge is 0.619 e. The quantitative estimate of drug-likeness (QED) is 0.621. The second-order valence-electron chi connectivity index (χ2n) is 5.99. The van der Waals surface area contributed by atoms with Crippen LogP contribution in [0.2, 0.25) is 0 Å².